The molecule has 0 heterocycles. The Kier molecular flexibility index (Phi) is 5.50. The zero-order chi connectivity index (χ0) is 4.50. The molecule has 0 amide bonds. The van der Waals surface area contributed by atoms with Gasteiger partial charge in [-0.25, -0.2) is 0 Å². The molecule has 1 N–H and O–H groups in total. The Balaban J connectivity index is 0. The molecule has 0 atom stereocenters. The van der Waals surface area contributed by atoms with Crippen molar-refractivity contribution in [1.29, 1.82) is 0 Å². The molecule has 6 heavy (non-hydrogen) atoms. The van der Waals surface area contributed by atoms with Crippen LogP contribution in [0.25, 0.3) is 0 Å². The average molecular weight is 118 g/mol. The van der Waals surface area contributed by atoms with Crippen LogP contribution >= 0.6 is 7.37 Å². The number of rotatable bonds is 0. The van der Waals surface area contributed by atoms with Gasteiger partial charge in [0.1, 0.15) is 0 Å². The zero-order valence-electron chi connectivity index (χ0n) is 3.30. The second-order valence-electron chi connectivity index (χ2n) is 1.29. The molecule has 0 aromatic carbocycles. The Morgan fingerprint density at radius 1 is 1.50 bits per heavy atom. The fourth-order valence-electron chi connectivity index (χ4n) is 0. The standard InChI is InChI=1S/C2H7O2P.Na.H/c1-5(2,3)4;;/h1-2H3,(H,3,4);;. The van der Waals surface area contributed by atoms with Crippen LogP contribution in [0.4, 0.5) is 0 Å². The quantitative estimate of drug-likeness (QED) is 0.355. The molecule has 0 saturated carbocycles. The van der Waals surface area contributed by atoms with E-state index >= 15 is 0 Å². The van der Waals surface area contributed by atoms with Crippen molar-refractivity contribution in [3.63, 3.8) is 0 Å². The first-order valence-electron chi connectivity index (χ1n) is 1.28. The summed E-state index contributed by atoms with van der Waals surface area (Å²) in [5.41, 5.74) is 0. The molecular formula is C2H8NaO2P. The molecule has 0 aliphatic heterocycles. The maximum atomic E-state index is 9.77. The van der Waals surface area contributed by atoms with Crippen molar-refractivity contribution in [3.05, 3.63) is 0 Å². The molecule has 0 aromatic heterocycles. The predicted molar refractivity (Wildman–Crippen MR) is 28.8 cm³/mol. The molecule has 0 radical (unpaired) electrons. The molecule has 0 aromatic rings. The van der Waals surface area contributed by atoms with Crippen LogP contribution in [0.5, 0.6) is 0 Å². The van der Waals surface area contributed by atoms with Gasteiger partial charge < -0.3 is 4.89 Å². The van der Waals surface area contributed by atoms with Gasteiger partial charge in [0.25, 0.3) is 0 Å². The van der Waals surface area contributed by atoms with Crippen molar-refractivity contribution in [2.75, 3.05) is 13.3 Å². The Morgan fingerprint density at radius 2 is 1.50 bits per heavy atom. The summed E-state index contributed by atoms with van der Waals surface area (Å²) in [7, 11) is -2.64. The van der Waals surface area contributed by atoms with Crippen LogP contribution in [-0.4, -0.2) is 47.8 Å². The van der Waals surface area contributed by atoms with E-state index in [1.165, 1.54) is 13.3 Å². The molecule has 0 fully saturated rings. The van der Waals surface area contributed by atoms with Gasteiger partial charge in [-0.2, -0.15) is 0 Å². The third-order valence-electron chi connectivity index (χ3n) is 0. The van der Waals surface area contributed by atoms with Gasteiger partial charge in [-0.1, -0.05) is 0 Å². The second kappa shape index (κ2) is 3.23. The van der Waals surface area contributed by atoms with Crippen molar-refractivity contribution >= 4 is 36.9 Å². The fourth-order valence-corrected chi connectivity index (χ4v) is 0. The van der Waals surface area contributed by atoms with Crippen LogP contribution in [0.15, 0.2) is 0 Å². The first kappa shape index (κ1) is 10.2. The minimum atomic E-state index is -2.64. The molecular weight excluding hydrogens is 110 g/mol. The van der Waals surface area contributed by atoms with E-state index in [0.717, 1.165) is 0 Å². The van der Waals surface area contributed by atoms with Crippen LogP contribution in [0.3, 0.4) is 0 Å². The minimum absolute atomic E-state index is 0. The van der Waals surface area contributed by atoms with Gasteiger partial charge in [0.05, 0.1) is 0 Å². The van der Waals surface area contributed by atoms with Gasteiger partial charge in [0.2, 0.25) is 0 Å². The summed E-state index contributed by atoms with van der Waals surface area (Å²) in [4.78, 5) is 8.08. The van der Waals surface area contributed by atoms with Crippen molar-refractivity contribution in [3.8, 4) is 0 Å². The molecule has 0 aliphatic carbocycles. The monoisotopic (exact) mass is 118 g/mol. The topological polar surface area (TPSA) is 37.3 Å². The van der Waals surface area contributed by atoms with E-state index in [2.05, 4.69) is 0 Å². The fraction of sp³-hybridized carbons (Fsp3) is 1.00. The first-order valence-corrected chi connectivity index (χ1v) is 3.83. The van der Waals surface area contributed by atoms with Gasteiger partial charge >= 0.3 is 29.6 Å². The van der Waals surface area contributed by atoms with Crippen molar-refractivity contribution in [2.45, 2.75) is 0 Å². The second-order valence-corrected chi connectivity index (χ2v) is 3.88. The summed E-state index contributed by atoms with van der Waals surface area (Å²) >= 11 is 0. The van der Waals surface area contributed by atoms with E-state index in [0.29, 0.717) is 0 Å². The van der Waals surface area contributed by atoms with E-state index in [1.54, 1.807) is 0 Å². The van der Waals surface area contributed by atoms with Crippen LogP contribution in [-0.2, 0) is 4.57 Å². The Morgan fingerprint density at radius 3 is 1.50 bits per heavy atom. The molecule has 4 heteroatoms. The molecule has 0 spiro atoms. The van der Waals surface area contributed by atoms with E-state index < -0.39 is 7.37 Å². The third-order valence-corrected chi connectivity index (χ3v) is 0. The van der Waals surface area contributed by atoms with Crippen molar-refractivity contribution in [1.82, 2.24) is 0 Å². The van der Waals surface area contributed by atoms with Gasteiger partial charge in [0.15, 0.2) is 7.37 Å². The Bertz CT molecular complexity index is 57.7. The normalized spacial score (nSPS) is 9.83. The third kappa shape index (κ3) is 64.3. The predicted octanol–water partition coefficient (Wildman–Crippen LogP) is -0.132. The van der Waals surface area contributed by atoms with Gasteiger partial charge in [-0.05, 0) is 0 Å². The Hall–Kier alpha value is 1.19. The zero-order valence-corrected chi connectivity index (χ0v) is 4.20. The summed E-state index contributed by atoms with van der Waals surface area (Å²) in [6.07, 6.45) is 0. The van der Waals surface area contributed by atoms with E-state index in [9.17, 15) is 4.57 Å². The molecule has 34 valence electrons. The first-order chi connectivity index (χ1) is 2.00. The summed E-state index contributed by atoms with van der Waals surface area (Å²) in [6, 6.07) is 0. The molecule has 0 aliphatic rings. The van der Waals surface area contributed by atoms with Crippen LogP contribution in [0.2, 0.25) is 0 Å². The summed E-state index contributed by atoms with van der Waals surface area (Å²) < 4.78 is 9.77. The molecule has 0 rings (SSSR count). The van der Waals surface area contributed by atoms with Crippen LogP contribution < -0.4 is 0 Å². The SMILES string of the molecule is CP(C)(=O)O.[NaH]. The molecule has 2 nitrogen and oxygen atoms in total. The molecule has 0 bridgehead atoms. The molecule has 0 unspecified atom stereocenters. The van der Waals surface area contributed by atoms with Gasteiger partial charge in [0, 0.05) is 13.3 Å². The molecule has 0 saturated heterocycles. The van der Waals surface area contributed by atoms with Crippen molar-refractivity contribution < 1.29 is 9.46 Å². The van der Waals surface area contributed by atoms with E-state index in [1.807, 2.05) is 0 Å². The van der Waals surface area contributed by atoms with E-state index in [-0.39, 0.29) is 29.6 Å². The number of hydrogen-bond acceptors (Lipinski definition) is 1. The van der Waals surface area contributed by atoms with E-state index in [4.69, 9.17) is 4.89 Å². The van der Waals surface area contributed by atoms with Crippen LogP contribution in [0.1, 0.15) is 0 Å². The van der Waals surface area contributed by atoms with Crippen LogP contribution in [0, 0.1) is 0 Å². The average Bonchev–Trinajstić information content (AvgIpc) is 0.722. The summed E-state index contributed by atoms with van der Waals surface area (Å²) in [5.74, 6) is 0. The Labute approximate surface area is 59.7 Å². The maximum absolute atomic E-state index is 9.77. The van der Waals surface area contributed by atoms with Gasteiger partial charge in [-0.15, -0.1) is 0 Å². The summed E-state index contributed by atoms with van der Waals surface area (Å²) in [5, 5.41) is 0. The summed E-state index contributed by atoms with van der Waals surface area (Å²) in [6.45, 7) is 2.60. The number of hydrogen-bond donors (Lipinski definition) is 1. The van der Waals surface area contributed by atoms with Crippen molar-refractivity contribution in [2.24, 2.45) is 0 Å². The van der Waals surface area contributed by atoms with Gasteiger partial charge in [-0.3, -0.25) is 4.57 Å².